The zero-order chi connectivity index (χ0) is 16.8. The molecule has 1 aromatic heterocycles. The van der Waals surface area contributed by atoms with Crippen LogP contribution < -0.4 is 10.6 Å². The van der Waals surface area contributed by atoms with Gasteiger partial charge in [0.25, 0.3) is 0 Å². The van der Waals surface area contributed by atoms with E-state index in [0.717, 1.165) is 28.0 Å². The molecule has 0 radical (unpaired) electrons. The summed E-state index contributed by atoms with van der Waals surface area (Å²) in [5.74, 6) is 0.610. The molecule has 3 rings (SSSR count). The Morgan fingerprint density at radius 2 is 2.00 bits per heavy atom. The number of carbonyl (C=O) groups excluding carboxylic acids is 1. The predicted molar refractivity (Wildman–Crippen MR) is 93.8 cm³/mol. The third-order valence-corrected chi connectivity index (χ3v) is 3.49. The Morgan fingerprint density at radius 3 is 2.88 bits per heavy atom. The average Bonchev–Trinajstić information content (AvgIpc) is 2.60. The highest BCUT2D eigenvalue weighted by molar-refractivity contribution is 5.91. The van der Waals surface area contributed by atoms with Crippen molar-refractivity contribution in [3.63, 3.8) is 0 Å². The van der Waals surface area contributed by atoms with Crippen molar-refractivity contribution in [1.82, 2.24) is 9.97 Å². The van der Waals surface area contributed by atoms with Gasteiger partial charge in [-0.15, -0.1) is 0 Å². The Bertz CT molecular complexity index is 846. The lowest BCUT2D eigenvalue weighted by atomic mass is 10.2. The standard InChI is InChI=1S/C18H18N4O2/c1-24-11-17(23)22-14-6-4-5-13(9-14)10-19-18-15-7-2-3-8-16(15)20-12-21-18/h2-9,12H,10-11H2,1H3,(H,22,23)(H,19,20,21). The fraction of sp³-hybridized carbons (Fsp3) is 0.167. The lowest BCUT2D eigenvalue weighted by Crippen LogP contribution is -2.17. The average molecular weight is 322 g/mol. The van der Waals surface area contributed by atoms with Crippen LogP contribution in [-0.4, -0.2) is 29.6 Å². The minimum Gasteiger partial charge on any atom is -0.375 e. The second-order valence-corrected chi connectivity index (χ2v) is 5.27. The summed E-state index contributed by atoms with van der Waals surface area (Å²) in [6.07, 6.45) is 1.55. The number of fused-ring (bicyclic) bond motifs is 1. The van der Waals surface area contributed by atoms with Crippen molar-refractivity contribution >= 4 is 28.3 Å². The van der Waals surface area contributed by atoms with E-state index in [1.54, 1.807) is 6.33 Å². The molecule has 2 aromatic carbocycles. The highest BCUT2D eigenvalue weighted by Gasteiger charge is 2.04. The highest BCUT2D eigenvalue weighted by Crippen LogP contribution is 2.19. The van der Waals surface area contributed by atoms with Crippen molar-refractivity contribution in [2.45, 2.75) is 6.54 Å². The molecule has 0 saturated heterocycles. The van der Waals surface area contributed by atoms with Gasteiger partial charge in [-0.3, -0.25) is 4.79 Å². The van der Waals surface area contributed by atoms with Gasteiger partial charge >= 0.3 is 0 Å². The molecule has 0 unspecified atom stereocenters. The number of para-hydroxylation sites is 1. The first kappa shape index (κ1) is 15.9. The van der Waals surface area contributed by atoms with Crippen molar-refractivity contribution in [2.24, 2.45) is 0 Å². The summed E-state index contributed by atoms with van der Waals surface area (Å²) in [5.41, 5.74) is 2.67. The smallest absolute Gasteiger partial charge is 0.250 e. The van der Waals surface area contributed by atoms with Crippen LogP contribution in [0.15, 0.2) is 54.9 Å². The van der Waals surface area contributed by atoms with Crippen LogP contribution in [0.25, 0.3) is 10.9 Å². The van der Waals surface area contributed by atoms with Crippen molar-refractivity contribution in [1.29, 1.82) is 0 Å². The Balaban J connectivity index is 1.71. The van der Waals surface area contributed by atoms with Gasteiger partial charge in [0.1, 0.15) is 18.8 Å². The SMILES string of the molecule is COCC(=O)Nc1cccc(CNc2ncnc3ccccc23)c1. The van der Waals surface area contributed by atoms with Crippen molar-refractivity contribution < 1.29 is 9.53 Å². The minimum atomic E-state index is -0.176. The largest absolute Gasteiger partial charge is 0.375 e. The number of hydrogen-bond acceptors (Lipinski definition) is 5. The molecule has 0 aliphatic rings. The number of rotatable bonds is 6. The summed E-state index contributed by atoms with van der Waals surface area (Å²) < 4.78 is 4.81. The van der Waals surface area contributed by atoms with Gasteiger partial charge in [0.05, 0.1) is 5.52 Å². The van der Waals surface area contributed by atoms with E-state index in [2.05, 4.69) is 20.6 Å². The monoisotopic (exact) mass is 322 g/mol. The molecule has 6 nitrogen and oxygen atoms in total. The Labute approximate surface area is 139 Å². The number of ether oxygens (including phenoxy) is 1. The molecule has 1 amide bonds. The molecule has 2 N–H and O–H groups in total. The van der Waals surface area contributed by atoms with Gasteiger partial charge in [0, 0.05) is 24.7 Å². The number of methoxy groups -OCH3 is 1. The minimum absolute atomic E-state index is 0.0371. The Kier molecular flexibility index (Phi) is 4.98. The van der Waals surface area contributed by atoms with Crippen LogP contribution in [0.1, 0.15) is 5.56 Å². The second kappa shape index (κ2) is 7.52. The molecule has 0 atom stereocenters. The van der Waals surface area contributed by atoms with E-state index in [0.29, 0.717) is 6.54 Å². The molecule has 0 saturated carbocycles. The number of hydrogen-bond donors (Lipinski definition) is 2. The number of amides is 1. The summed E-state index contributed by atoms with van der Waals surface area (Å²) in [6.45, 7) is 0.629. The van der Waals surface area contributed by atoms with Crippen LogP contribution >= 0.6 is 0 Å². The molecule has 0 fully saturated rings. The summed E-state index contributed by atoms with van der Waals surface area (Å²) in [5, 5.41) is 7.09. The molecule has 0 spiro atoms. The summed E-state index contributed by atoms with van der Waals surface area (Å²) >= 11 is 0. The normalized spacial score (nSPS) is 10.5. The fourth-order valence-corrected chi connectivity index (χ4v) is 2.42. The molecular weight excluding hydrogens is 304 g/mol. The number of benzene rings is 2. The molecule has 6 heteroatoms. The van der Waals surface area contributed by atoms with Crippen LogP contribution in [0.2, 0.25) is 0 Å². The predicted octanol–water partition coefficient (Wildman–Crippen LogP) is 2.83. The molecule has 24 heavy (non-hydrogen) atoms. The Hall–Kier alpha value is -2.99. The van der Waals surface area contributed by atoms with E-state index in [-0.39, 0.29) is 12.5 Å². The molecule has 0 aliphatic carbocycles. The lowest BCUT2D eigenvalue weighted by molar-refractivity contribution is -0.119. The zero-order valence-corrected chi connectivity index (χ0v) is 13.3. The molecule has 0 bridgehead atoms. The number of carbonyl (C=O) groups is 1. The van der Waals surface area contributed by atoms with E-state index in [4.69, 9.17) is 4.74 Å². The van der Waals surface area contributed by atoms with Crippen molar-refractivity contribution in [3.8, 4) is 0 Å². The number of nitrogens with zero attached hydrogens (tertiary/aromatic N) is 2. The van der Waals surface area contributed by atoms with Crippen LogP contribution in [0.3, 0.4) is 0 Å². The van der Waals surface area contributed by atoms with Crippen LogP contribution in [-0.2, 0) is 16.1 Å². The van der Waals surface area contributed by atoms with E-state index in [1.165, 1.54) is 7.11 Å². The number of nitrogens with one attached hydrogen (secondary N) is 2. The van der Waals surface area contributed by atoms with Gasteiger partial charge in [-0.1, -0.05) is 24.3 Å². The zero-order valence-electron chi connectivity index (χ0n) is 13.3. The van der Waals surface area contributed by atoms with Gasteiger partial charge < -0.3 is 15.4 Å². The van der Waals surface area contributed by atoms with Gasteiger partial charge in [0.2, 0.25) is 5.91 Å². The molecule has 1 heterocycles. The second-order valence-electron chi connectivity index (χ2n) is 5.27. The summed E-state index contributed by atoms with van der Waals surface area (Å²) in [6, 6.07) is 15.5. The van der Waals surface area contributed by atoms with E-state index in [9.17, 15) is 4.79 Å². The summed E-state index contributed by atoms with van der Waals surface area (Å²) in [4.78, 5) is 20.1. The summed E-state index contributed by atoms with van der Waals surface area (Å²) in [7, 11) is 1.49. The van der Waals surface area contributed by atoms with E-state index >= 15 is 0 Å². The van der Waals surface area contributed by atoms with Crippen LogP contribution in [0, 0.1) is 0 Å². The number of anilines is 2. The third kappa shape index (κ3) is 3.85. The lowest BCUT2D eigenvalue weighted by Gasteiger charge is -2.10. The maximum absolute atomic E-state index is 11.6. The fourth-order valence-electron chi connectivity index (χ4n) is 2.42. The maximum atomic E-state index is 11.6. The van der Waals surface area contributed by atoms with Crippen molar-refractivity contribution in [2.75, 3.05) is 24.4 Å². The maximum Gasteiger partial charge on any atom is 0.250 e. The molecule has 3 aromatic rings. The first-order chi connectivity index (χ1) is 11.8. The Morgan fingerprint density at radius 1 is 1.12 bits per heavy atom. The molecule has 0 aliphatic heterocycles. The van der Waals surface area contributed by atoms with Gasteiger partial charge in [0.15, 0.2) is 0 Å². The van der Waals surface area contributed by atoms with Gasteiger partial charge in [-0.2, -0.15) is 0 Å². The number of aromatic nitrogens is 2. The first-order valence-corrected chi connectivity index (χ1v) is 7.57. The first-order valence-electron chi connectivity index (χ1n) is 7.57. The van der Waals surface area contributed by atoms with Gasteiger partial charge in [-0.25, -0.2) is 9.97 Å². The van der Waals surface area contributed by atoms with E-state index < -0.39 is 0 Å². The topological polar surface area (TPSA) is 76.1 Å². The van der Waals surface area contributed by atoms with Crippen molar-refractivity contribution in [3.05, 3.63) is 60.4 Å². The van der Waals surface area contributed by atoms with Crippen LogP contribution in [0.5, 0.6) is 0 Å². The quantitative estimate of drug-likeness (QED) is 0.730. The van der Waals surface area contributed by atoms with E-state index in [1.807, 2.05) is 48.5 Å². The van der Waals surface area contributed by atoms with Crippen LogP contribution in [0.4, 0.5) is 11.5 Å². The third-order valence-electron chi connectivity index (χ3n) is 3.49. The van der Waals surface area contributed by atoms with Gasteiger partial charge in [-0.05, 0) is 29.8 Å². The highest BCUT2D eigenvalue weighted by atomic mass is 16.5. The molecule has 122 valence electrons. The molecular formula is C18H18N4O2.